The fourth-order valence-electron chi connectivity index (χ4n) is 4.40. The minimum absolute atomic E-state index is 0.0222. The van der Waals surface area contributed by atoms with Crippen LogP contribution in [0.1, 0.15) is 27.6 Å². The van der Waals surface area contributed by atoms with Crippen molar-refractivity contribution in [1.82, 2.24) is 0 Å². The van der Waals surface area contributed by atoms with Gasteiger partial charge < -0.3 is 69.3 Å². The Morgan fingerprint density at radius 2 is 1.65 bits per heavy atom. The van der Waals surface area contributed by atoms with Gasteiger partial charge in [0.25, 0.3) is 0 Å². The van der Waals surface area contributed by atoms with Crippen LogP contribution in [0.4, 0.5) is 0 Å². The molecule has 43 heavy (non-hydrogen) atoms. The molecule has 2 aromatic carbocycles. The van der Waals surface area contributed by atoms with Crippen molar-refractivity contribution in [2.45, 2.75) is 55.6 Å². The van der Waals surface area contributed by atoms with Gasteiger partial charge in [-0.3, -0.25) is 4.79 Å². The molecule has 2 saturated heterocycles. The van der Waals surface area contributed by atoms with E-state index in [2.05, 4.69) is 0 Å². The number of ketones is 1. The van der Waals surface area contributed by atoms with Crippen molar-refractivity contribution >= 4 is 11.8 Å². The predicted octanol–water partition coefficient (Wildman–Crippen LogP) is -1.48. The van der Waals surface area contributed by atoms with Crippen molar-refractivity contribution in [3.63, 3.8) is 0 Å². The first kappa shape index (κ1) is 32.2. The summed E-state index contributed by atoms with van der Waals surface area (Å²) in [5, 5.41) is 81.3. The monoisotopic (exact) mass is 612 g/mol. The third-order valence-electron chi connectivity index (χ3n) is 6.97. The fourth-order valence-corrected chi connectivity index (χ4v) is 4.40. The number of Topliss-reactive ketones (excluding diaryl/α,β-unsaturated/α-hetero) is 1. The van der Waals surface area contributed by atoms with E-state index in [0.29, 0.717) is 5.75 Å². The quantitative estimate of drug-likeness (QED) is 0.0865. The lowest BCUT2D eigenvalue weighted by molar-refractivity contribution is -0.289. The average molecular weight is 613 g/mol. The van der Waals surface area contributed by atoms with Crippen molar-refractivity contribution < 1.29 is 78.9 Å². The summed E-state index contributed by atoms with van der Waals surface area (Å²) in [6, 6.07) is 5.98. The summed E-state index contributed by atoms with van der Waals surface area (Å²) in [4.78, 5) is 24.4. The van der Waals surface area contributed by atoms with E-state index in [-0.39, 0.29) is 22.7 Å². The number of benzene rings is 2. The predicted molar refractivity (Wildman–Crippen MR) is 139 cm³/mol. The van der Waals surface area contributed by atoms with Crippen LogP contribution in [0.25, 0.3) is 0 Å². The molecular formula is C27H32O16. The molecule has 4 rings (SSSR count). The third kappa shape index (κ3) is 6.76. The highest BCUT2D eigenvalue weighted by atomic mass is 16.7. The van der Waals surface area contributed by atoms with Gasteiger partial charge in [-0.1, -0.05) is 0 Å². The number of rotatable bonds is 10. The summed E-state index contributed by atoms with van der Waals surface area (Å²) in [6.07, 6.45) is -11.5. The topological polar surface area (TPSA) is 251 Å². The Hall–Kier alpha value is -3.74. The number of hydrogen-bond acceptors (Lipinski definition) is 16. The van der Waals surface area contributed by atoms with Crippen molar-refractivity contribution in [2.75, 3.05) is 26.9 Å². The minimum Gasteiger partial charge on any atom is -0.504 e. The van der Waals surface area contributed by atoms with E-state index in [1.54, 1.807) is 0 Å². The number of aromatic hydroxyl groups is 3. The van der Waals surface area contributed by atoms with E-state index < -0.39 is 91.7 Å². The van der Waals surface area contributed by atoms with E-state index in [0.717, 1.165) is 12.1 Å². The van der Waals surface area contributed by atoms with E-state index in [9.17, 15) is 50.4 Å². The van der Waals surface area contributed by atoms with Crippen molar-refractivity contribution in [2.24, 2.45) is 0 Å². The molecule has 0 saturated carbocycles. The lowest BCUT2D eigenvalue weighted by Gasteiger charge is -2.40. The molecule has 8 N–H and O–H groups in total. The Kier molecular flexibility index (Phi) is 9.63. The van der Waals surface area contributed by atoms with Crippen LogP contribution >= 0.6 is 0 Å². The zero-order valence-corrected chi connectivity index (χ0v) is 22.9. The van der Waals surface area contributed by atoms with Gasteiger partial charge in [-0.2, -0.15) is 0 Å². The number of methoxy groups -OCH3 is 1. The maximum atomic E-state index is 12.3. The number of phenols is 3. The van der Waals surface area contributed by atoms with Crippen LogP contribution < -0.4 is 9.47 Å². The Labute approximate surface area is 243 Å². The van der Waals surface area contributed by atoms with Gasteiger partial charge in [0.2, 0.25) is 6.29 Å². The summed E-state index contributed by atoms with van der Waals surface area (Å²) in [7, 11) is 1.39. The molecule has 2 heterocycles. The molecule has 0 spiro atoms. The highest BCUT2D eigenvalue weighted by molar-refractivity contribution is 5.97. The number of aliphatic hydroxyl groups excluding tert-OH is 4. The molecule has 16 heteroatoms. The molecule has 2 aromatic rings. The molecule has 2 aliphatic rings. The number of phenolic OH excluding ortho intramolecular Hbond substituents is 3. The second-order valence-corrected chi connectivity index (χ2v) is 10.1. The van der Waals surface area contributed by atoms with Crippen LogP contribution in [-0.2, 0) is 18.9 Å². The summed E-state index contributed by atoms with van der Waals surface area (Å²) in [5.41, 5.74) is -2.39. The van der Waals surface area contributed by atoms with Crippen LogP contribution in [0, 0.1) is 0 Å². The average Bonchev–Trinajstić information content (AvgIpc) is 3.26. The smallest absolute Gasteiger partial charge is 0.338 e. The number of esters is 1. The van der Waals surface area contributed by atoms with Gasteiger partial charge in [0.1, 0.15) is 48.6 Å². The van der Waals surface area contributed by atoms with Crippen LogP contribution in [-0.4, -0.2) is 128 Å². The molecule has 8 unspecified atom stereocenters. The molecule has 16 nitrogen and oxygen atoms in total. The first-order chi connectivity index (χ1) is 20.2. The van der Waals surface area contributed by atoms with Gasteiger partial charge in [-0.15, -0.1) is 0 Å². The van der Waals surface area contributed by atoms with Gasteiger partial charge in [-0.25, -0.2) is 4.79 Å². The Morgan fingerprint density at radius 3 is 2.28 bits per heavy atom. The summed E-state index contributed by atoms with van der Waals surface area (Å²) in [6.45, 7) is -0.632. The molecule has 0 aliphatic carbocycles. The molecule has 8 atom stereocenters. The maximum absolute atomic E-state index is 12.3. The molecule has 0 bridgehead atoms. The molecule has 2 fully saturated rings. The highest BCUT2D eigenvalue weighted by Gasteiger charge is 2.51. The van der Waals surface area contributed by atoms with Crippen LogP contribution in [0.3, 0.4) is 0 Å². The number of carbonyl (C=O) groups is 2. The number of aliphatic hydroxyl groups is 5. The molecule has 2 aliphatic heterocycles. The zero-order chi connectivity index (χ0) is 31.6. The van der Waals surface area contributed by atoms with Crippen LogP contribution in [0.2, 0.25) is 0 Å². The van der Waals surface area contributed by atoms with Gasteiger partial charge in [0.05, 0.1) is 31.5 Å². The molecular weight excluding hydrogens is 580 g/mol. The standard InChI is InChI=1S/C27H32O16/c1-11(28)14-4-3-13(38-2)7-17(14)42-25-22(34)21(33)20(32)18(43-25)8-39-26-23(35)27(37,10-41-26)9-40-24(36)12-5-15(29)19(31)16(30)6-12/h3-7,18,20-23,25-26,29-35,37H,8-10H2,1-2H3. The van der Waals surface area contributed by atoms with E-state index in [4.69, 9.17) is 28.4 Å². The van der Waals surface area contributed by atoms with Gasteiger partial charge >= 0.3 is 5.97 Å². The normalized spacial score (nSPS) is 30.5. The largest absolute Gasteiger partial charge is 0.504 e. The SMILES string of the molecule is COc1ccc(C(C)=O)c(OC2OC(COC3OCC(O)(COC(=O)c4cc(O)c(O)c(O)c4)C3O)C(O)C(O)C2O)c1. The van der Waals surface area contributed by atoms with E-state index in [1.165, 1.54) is 32.2 Å². The van der Waals surface area contributed by atoms with Gasteiger partial charge in [-0.05, 0) is 31.2 Å². The Bertz CT molecular complexity index is 1310. The zero-order valence-electron chi connectivity index (χ0n) is 22.9. The van der Waals surface area contributed by atoms with Gasteiger partial charge in [0.15, 0.2) is 34.9 Å². The van der Waals surface area contributed by atoms with Crippen molar-refractivity contribution in [1.29, 1.82) is 0 Å². The van der Waals surface area contributed by atoms with Crippen LogP contribution in [0.15, 0.2) is 30.3 Å². The molecule has 236 valence electrons. The number of carbonyl (C=O) groups excluding carboxylic acids is 2. The lowest BCUT2D eigenvalue weighted by Crippen LogP contribution is -2.60. The van der Waals surface area contributed by atoms with Gasteiger partial charge in [0, 0.05) is 6.07 Å². The Morgan fingerprint density at radius 1 is 0.977 bits per heavy atom. The molecule has 0 radical (unpaired) electrons. The second-order valence-electron chi connectivity index (χ2n) is 10.1. The lowest BCUT2D eigenvalue weighted by atomic mass is 9.99. The van der Waals surface area contributed by atoms with Crippen molar-refractivity contribution in [3.8, 4) is 28.7 Å². The number of hydrogen-bond donors (Lipinski definition) is 8. The highest BCUT2D eigenvalue weighted by Crippen LogP contribution is 2.36. The van der Waals surface area contributed by atoms with Crippen LogP contribution in [0.5, 0.6) is 28.7 Å². The fraction of sp³-hybridized carbons (Fsp3) is 0.481. The van der Waals surface area contributed by atoms with E-state index in [1.807, 2.05) is 0 Å². The second kappa shape index (κ2) is 12.9. The van der Waals surface area contributed by atoms with E-state index >= 15 is 0 Å². The third-order valence-corrected chi connectivity index (χ3v) is 6.97. The maximum Gasteiger partial charge on any atom is 0.338 e. The van der Waals surface area contributed by atoms with Crippen molar-refractivity contribution in [3.05, 3.63) is 41.5 Å². The first-order valence-electron chi connectivity index (χ1n) is 12.9. The summed E-state index contributed by atoms with van der Waals surface area (Å²) >= 11 is 0. The number of ether oxygens (including phenoxy) is 6. The first-order valence-corrected chi connectivity index (χ1v) is 12.9. The molecule has 0 amide bonds. The minimum atomic E-state index is -2.16. The molecule has 0 aromatic heterocycles. The summed E-state index contributed by atoms with van der Waals surface area (Å²) in [5.74, 6) is -3.60. The Balaban J connectivity index is 1.37. The summed E-state index contributed by atoms with van der Waals surface area (Å²) < 4.78 is 32.1.